The lowest BCUT2D eigenvalue weighted by Gasteiger charge is -2.33. The van der Waals surface area contributed by atoms with Gasteiger partial charge in [-0.15, -0.1) is 5.10 Å². The van der Waals surface area contributed by atoms with Crippen molar-refractivity contribution in [1.29, 1.82) is 0 Å². The molecule has 1 aliphatic rings. The van der Waals surface area contributed by atoms with Crippen molar-refractivity contribution in [3.05, 3.63) is 77.9 Å². The second-order valence-electron chi connectivity index (χ2n) is 10.2. The highest BCUT2D eigenvalue weighted by molar-refractivity contribution is 6.01. The highest BCUT2D eigenvalue weighted by Gasteiger charge is 2.35. The van der Waals surface area contributed by atoms with E-state index in [2.05, 4.69) is 22.6 Å². The summed E-state index contributed by atoms with van der Waals surface area (Å²) in [7, 11) is 1.47. The fourth-order valence-corrected chi connectivity index (χ4v) is 5.39. The second kappa shape index (κ2) is 12.2. The van der Waals surface area contributed by atoms with Crippen molar-refractivity contribution in [3.8, 4) is 11.5 Å². The lowest BCUT2D eigenvalue weighted by atomic mass is 9.94. The number of carbonyl (C=O) groups excluding carboxylic acids is 2. The van der Waals surface area contributed by atoms with E-state index in [-0.39, 0.29) is 35.9 Å². The van der Waals surface area contributed by atoms with E-state index < -0.39 is 6.04 Å². The van der Waals surface area contributed by atoms with Crippen LogP contribution in [0.3, 0.4) is 0 Å². The molecule has 0 bridgehead atoms. The van der Waals surface area contributed by atoms with Crippen LogP contribution in [0.5, 0.6) is 11.5 Å². The van der Waals surface area contributed by atoms with Gasteiger partial charge in [-0.25, -0.2) is 4.68 Å². The molecule has 9 heteroatoms. The van der Waals surface area contributed by atoms with Gasteiger partial charge in [0.25, 0.3) is 0 Å². The molecule has 1 fully saturated rings. The van der Waals surface area contributed by atoms with Gasteiger partial charge in [0.05, 0.1) is 12.6 Å². The molecule has 1 heterocycles. The van der Waals surface area contributed by atoms with E-state index >= 15 is 0 Å². The van der Waals surface area contributed by atoms with Gasteiger partial charge >= 0.3 is 0 Å². The van der Waals surface area contributed by atoms with Crippen molar-refractivity contribution in [3.63, 3.8) is 0 Å². The summed E-state index contributed by atoms with van der Waals surface area (Å²) in [5, 5.41) is 22.2. The number of phenols is 1. The molecule has 0 spiro atoms. The second-order valence-corrected chi connectivity index (χ2v) is 10.2. The van der Waals surface area contributed by atoms with Crippen molar-refractivity contribution in [2.75, 3.05) is 12.0 Å². The fourth-order valence-electron chi connectivity index (χ4n) is 5.39. The average Bonchev–Trinajstić information content (AvgIpc) is 3.39. The first kappa shape index (κ1) is 27.2. The van der Waals surface area contributed by atoms with Crippen LogP contribution in [0.1, 0.15) is 56.2 Å². The van der Waals surface area contributed by atoms with Crippen molar-refractivity contribution in [1.82, 2.24) is 20.3 Å². The van der Waals surface area contributed by atoms with E-state index in [0.717, 1.165) is 49.6 Å². The van der Waals surface area contributed by atoms with Crippen molar-refractivity contribution in [2.24, 2.45) is 0 Å². The monoisotopic (exact) mass is 541 g/mol. The molecular formula is C31H35N5O4. The molecular weight excluding hydrogens is 506 g/mol. The summed E-state index contributed by atoms with van der Waals surface area (Å²) >= 11 is 0. The molecule has 4 aromatic rings. The first-order chi connectivity index (χ1) is 19.5. The van der Waals surface area contributed by atoms with Gasteiger partial charge < -0.3 is 15.2 Å². The van der Waals surface area contributed by atoms with Crippen LogP contribution in [0, 0.1) is 0 Å². The number of anilines is 1. The maximum absolute atomic E-state index is 14.2. The van der Waals surface area contributed by atoms with Crippen LogP contribution in [0.15, 0.2) is 66.7 Å². The minimum absolute atomic E-state index is 0.0364. The highest BCUT2D eigenvalue weighted by atomic mass is 16.5. The number of nitrogens with one attached hydrogen (secondary N) is 1. The molecule has 1 unspecified atom stereocenters. The predicted octanol–water partition coefficient (Wildman–Crippen LogP) is 4.93. The molecule has 2 amide bonds. The summed E-state index contributed by atoms with van der Waals surface area (Å²) in [6.45, 7) is 1.94. The Morgan fingerprint density at radius 1 is 1.07 bits per heavy atom. The molecule has 0 aliphatic heterocycles. The van der Waals surface area contributed by atoms with Crippen LogP contribution in [0.2, 0.25) is 0 Å². The van der Waals surface area contributed by atoms with Gasteiger partial charge in [0.2, 0.25) is 11.8 Å². The maximum Gasteiger partial charge on any atom is 0.249 e. The molecule has 3 aromatic carbocycles. The number of benzene rings is 3. The number of ether oxygens (including phenoxy) is 1. The quantitative estimate of drug-likeness (QED) is 0.311. The number of phenolic OH excluding ortho intramolecular Hbond substituents is 1. The summed E-state index contributed by atoms with van der Waals surface area (Å²) < 4.78 is 6.79. The molecule has 0 saturated heterocycles. The standard InChI is InChI=1S/C31H35N5O4/c1-3-21-13-16-24(17-14-21)36(29(38)20-35-26-12-8-7-11-25(26)33-34-35)30(22-15-18-28(40-2)27(37)19-22)31(39)32-23-9-5-4-6-10-23/h7-8,11-19,23,30,37H,3-6,9-10,20H2,1-2H3,(H,32,39). The van der Waals surface area contributed by atoms with Gasteiger partial charge in [-0.3, -0.25) is 14.5 Å². The first-order valence-corrected chi connectivity index (χ1v) is 13.8. The van der Waals surface area contributed by atoms with Crippen LogP contribution >= 0.6 is 0 Å². The molecule has 208 valence electrons. The number of rotatable bonds is 9. The third-order valence-corrected chi connectivity index (χ3v) is 7.57. The number of nitrogens with zero attached hydrogens (tertiary/aromatic N) is 4. The van der Waals surface area contributed by atoms with E-state index in [9.17, 15) is 14.7 Å². The van der Waals surface area contributed by atoms with E-state index in [0.29, 0.717) is 16.8 Å². The zero-order valence-electron chi connectivity index (χ0n) is 22.9. The van der Waals surface area contributed by atoms with Crippen LogP contribution in [0.4, 0.5) is 5.69 Å². The van der Waals surface area contributed by atoms with Crippen molar-refractivity contribution < 1.29 is 19.4 Å². The van der Waals surface area contributed by atoms with E-state index in [1.54, 1.807) is 16.8 Å². The first-order valence-electron chi connectivity index (χ1n) is 13.8. The Balaban J connectivity index is 1.58. The van der Waals surface area contributed by atoms with Crippen molar-refractivity contribution >= 4 is 28.5 Å². The van der Waals surface area contributed by atoms with Gasteiger partial charge in [-0.2, -0.15) is 0 Å². The summed E-state index contributed by atoms with van der Waals surface area (Å²) in [4.78, 5) is 29.8. The molecule has 1 atom stereocenters. The predicted molar refractivity (Wildman–Crippen MR) is 153 cm³/mol. The topological polar surface area (TPSA) is 110 Å². The van der Waals surface area contributed by atoms with Crippen LogP contribution in [-0.4, -0.2) is 45.1 Å². The molecule has 5 rings (SSSR count). The number of hydrogen-bond acceptors (Lipinski definition) is 6. The molecule has 1 aromatic heterocycles. The summed E-state index contributed by atoms with van der Waals surface area (Å²) in [6, 6.07) is 18.9. The Bertz CT molecular complexity index is 1480. The molecule has 9 nitrogen and oxygen atoms in total. The van der Waals surface area contributed by atoms with Gasteiger partial charge in [-0.1, -0.05) is 61.7 Å². The van der Waals surface area contributed by atoms with Gasteiger partial charge in [0.1, 0.15) is 18.1 Å². The number of aryl methyl sites for hydroxylation is 1. The van der Waals surface area contributed by atoms with E-state index in [4.69, 9.17) is 4.74 Å². The number of amides is 2. The minimum atomic E-state index is -1.03. The number of fused-ring (bicyclic) bond motifs is 1. The Hall–Kier alpha value is -4.40. The number of hydrogen-bond donors (Lipinski definition) is 2. The van der Waals surface area contributed by atoms with Crippen LogP contribution < -0.4 is 15.0 Å². The molecule has 0 radical (unpaired) electrons. The summed E-state index contributed by atoms with van der Waals surface area (Å²) in [5.74, 6) is -0.451. The molecule has 1 saturated carbocycles. The fraction of sp³-hybridized carbons (Fsp3) is 0.355. The lowest BCUT2D eigenvalue weighted by molar-refractivity contribution is -0.127. The molecule has 2 N–H and O–H groups in total. The Morgan fingerprint density at radius 2 is 1.82 bits per heavy atom. The number of methoxy groups -OCH3 is 1. The molecule has 40 heavy (non-hydrogen) atoms. The summed E-state index contributed by atoms with van der Waals surface area (Å²) in [6.07, 6.45) is 5.91. The van der Waals surface area contributed by atoms with E-state index in [1.165, 1.54) is 18.1 Å². The zero-order valence-corrected chi connectivity index (χ0v) is 22.9. The minimum Gasteiger partial charge on any atom is -0.504 e. The SMILES string of the molecule is CCc1ccc(N(C(=O)Cn2nnc3ccccc32)C(C(=O)NC2CCCCC2)c2ccc(OC)c(O)c2)cc1. The third-order valence-electron chi connectivity index (χ3n) is 7.57. The van der Waals surface area contributed by atoms with Crippen LogP contribution in [0.25, 0.3) is 11.0 Å². The zero-order chi connectivity index (χ0) is 28.1. The number of para-hydroxylation sites is 1. The Kier molecular flexibility index (Phi) is 8.28. The number of carbonyl (C=O) groups is 2. The normalized spacial score (nSPS) is 14.6. The van der Waals surface area contributed by atoms with Gasteiger partial charge in [0.15, 0.2) is 11.5 Å². The van der Waals surface area contributed by atoms with Gasteiger partial charge in [0, 0.05) is 11.7 Å². The Morgan fingerprint density at radius 3 is 2.52 bits per heavy atom. The lowest BCUT2D eigenvalue weighted by Crippen LogP contribution is -2.48. The molecule has 1 aliphatic carbocycles. The number of aromatic nitrogens is 3. The summed E-state index contributed by atoms with van der Waals surface area (Å²) in [5.41, 5.74) is 3.57. The van der Waals surface area contributed by atoms with Crippen LogP contribution in [-0.2, 0) is 22.6 Å². The smallest absolute Gasteiger partial charge is 0.249 e. The maximum atomic E-state index is 14.2. The third kappa shape index (κ3) is 5.78. The largest absolute Gasteiger partial charge is 0.504 e. The van der Waals surface area contributed by atoms with E-state index in [1.807, 2.05) is 48.5 Å². The average molecular weight is 542 g/mol. The highest BCUT2D eigenvalue weighted by Crippen LogP contribution is 2.35. The Labute approximate surface area is 233 Å². The number of aromatic hydroxyl groups is 1. The van der Waals surface area contributed by atoms with Crippen molar-refractivity contribution in [2.45, 2.75) is 64.1 Å². The van der Waals surface area contributed by atoms with Gasteiger partial charge in [-0.05, 0) is 66.8 Å².